The first kappa shape index (κ1) is 36.5. The number of fused-ring (bicyclic) bond motifs is 1. The maximum absolute atomic E-state index is 6.57. The molecule has 0 radical (unpaired) electrons. The SMILES string of the molecule is CC(C)C1=C[C@]23CC[C@H]4[C@](C)(COCc5ccccc5)CCC[C@]4(C)[C@H]2C[C@H]1[C@H]1COCCOCCOCCOCCOCCOC[C@H]13. The molecule has 0 N–H and O–H groups in total. The molecule has 1 aromatic carbocycles. The van der Waals surface area contributed by atoms with Crippen LogP contribution in [-0.2, 0) is 39.8 Å². The van der Waals surface area contributed by atoms with Crippen LogP contribution in [0.15, 0.2) is 42.0 Å². The molecule has 5 aliphatic carbocycles. The van der Waals surface area contributed by atoms with Gasteiger partial charge in [-0.3, -0.25) is 0 Å². The maximum atomic E-state index is 6.57. The van der Waals surface area contributed by atoms with Crippen LogP contribution in [0.5, 0.6) is 0 Å². The molecule has 7 nitrogen and oxygen atoms in total. The monoisotopic (exact) mass is 668 g/mol. The zero-order valence-corrected chi connectivity index (χ0v) is 30.4. The zero-order chi connectivity index (χ0) is 33.5. The van der Waals surface area contributed by atoms with E-state index in [-0.39, 0.29) is 16.2 Å². The fourth-order valence-corrected chi connectivity index (χ4v) is 11.1. The van der Waals surface area contributed by atoms with E-state index in [4.69, 9.17) is 33.2 Å². The van der Waals surface area contributed by atoms with Gasteiger partial charge < -0.3 is 33.2 Å². The summed E-state index contributed by atoms with van der Waals surface area (Å²) in [6.07, 6.45) is 10.5. The average molecular weight is 669 g/mol. The number of ether oxygens (including phenoxy) is 7. The van der Waals surface area contributed by atoms with Gasteiger partial charge in [-0.1, -0.05) is 76.1 Å². The first-order chi connectivity index (χ1) is 23.4. The molecule has 0 amide bonds. The normalized spacial score (nSPS) is 39.1. The summed E-state index contributed by atoms with van der Waals surface area (Å²) in [6.45, 7) is 19.0. The summed E-state index contributed by atoms with van der Waals surface area (Å²) in [5.74, 6) is 3.29. The molecule has 1 heterocycles. The van der Waals surface area contributed by atoms with Gasteiger partial charge in [0.1, 0.15) is 0 Å². The Labute approximate surface area is 290 Å². The van der Waals surface area contributed by atoms with Gasteiger partial charge in [0, 0.05) is 0 Å². The minimum Gasteiger partial charge on any atom is -0.379 e. The highest BCUT2D eigenvalue weighted by Gasteiger charge is 2.67. The van der Waals surface area contributed by atoms with Crippen molar-refractivity contribution in [1.29, 1.82) is 0 Å². The second-order valence-electron chi connectivity index (χ2n) is 16.3. The van der Waals surface area contributed by atoms with Crippen LogP contribution in [-0.4, -0.2) is 85.9 Å². The molecular weight excluding hydrogens is 604 g/mol. The Morgan fingerprint density at radius 1 is 0.729 bits per heavy atom. The molecule has 7 heteroatoms. The van der Waals surface area contributed by atoms with E-state index in [0.717, 1.165) is 19.8 Å². The van der Waals surface area contributed by atoms with E-state index < -0.39 is 0 Å². The Bertz CT molecular complexity index is 1160. The van der Waals surface area contributed by atoms with E-state index in [9.17, 15) is 0 Å². The summed E-state index contributed by atoms with van der Waals surface area (Å²) in [6, 6.07) is 10.7. The van der Waals surface area contributed by atoms with Crippen LogP contribution < -0.4 is 0 Å². The topological polar surface area (TPSA) is 64.6 Å². The minimum absolute atomic E-state index is 0.135. The highest BCUT2D eigenvalue weighted by atomic mass is 16.6. The Morgan fingerprint density at radius 2 is 1.33 bits per heavy atom. The lowest BCUT2D eigenvalue weighted by Gasteiger charge is -2.70. The van der Waals surface area contributed by atoms with E-state index in [0.29, 0.717) is 108 Å². The number of benzene rings is 1. The molecule has 1 spiro atoms. The largest absolute Gasteiger partial charge is 0.379 e. The predicted molar refractivity (Wildman–Crippen MR) is 188 cm³/mol. The summed E-state index contributed by atoms with van der Waals surface area (Å²) in [5, 5.41) is 0. The Morgan fingerprint density at radius 3 is 1.96 bits per heavy atom. The highest BCUT2D eigenvalue weighted by molar-refractivity contribution is 5.31. The third kappa shape index (κ3) is 7.93. The first-order valence-corrected chi connectivity index (χ1v) is 19.2. The first-order valence-electron chi connectivity index (χ1n) is 19.2. The summed E-state index contributed by atoms with van der Waals surface area (Å²) in [7, 11) is 0. The summed E-state index contributed by atoms with van der Waals surface area (Å²) in [4.78, 5) is 0. The average Bonchev–Trinajstić information content (AvgIpc) is 3.07. The summed E-state index contributed by atoms with van der Waals surface area (Å²) < 4.78 is 42.6. The predicted octanol–water partition coefficient (Wildman–Crippen LogP) is 7.37. The second-order valence-corrected chi connectivity index (χ2v) is 16.3. The van der Waals surface area contributed by atoms with Gasteiger partial charge in [-0.25, -0.2) is 0 Å². The molecule has 8 atom stereocenters. The number of rotatable bonds is 5. The zero-order valence-electron chi connectivity index (χ0n) is 30.4. The lowest BCUT2D eigenvalue weighted by molar-refractivity contribution is -0.207. The van der Waals surface area contributed by atoms with Crippen molar-refractivity contribution in [3.8, 4) is 0 Å². The molecule has 0 unspecified atom stereocenters. The van der Waals surface area contributed by atoms with Crippen molar-refractivity contribution in [2.45, 2.75) is 72.8 Å². The molecule has 0 aromatic heterocycles. The lowest BCUT2D eigenvalue weighted by Crippen LogP contribution is -2.65. The smallest absolute Gasteiger partial charge is 0.0717 e. The van der Waals surface area contributed by atoms with Crippen molar-refractivity contribution >= 4 is 0 Å². The van der Waals surface area contributed by atoms with E-state index in [2.05, 4.69) is 64.1 Å². The van der Waals surface area contributed by atoms with Gasteiger partial charge in [0.15, 0.2) is 0 Å². The second kappa shape index (κ2) is 16.8. The van der Waals surface area contributed by atoms with Gasteiger partial charge in [-0.2, -0.15) is 0 Å². The van der Waals surface area contributed by atoms with E-state index in [1.807, 2.05) is 0 Å². The fraction of sp³-hybridized carbons (Fsp3) is 0.805. The van der Waals surface area contributed by atoms with Crippen LogP contribution in [0.2, 0.25) is 0 Å². The van der Waals surface area contributed by atoms with Crippen molar-refractivity contribution < 1.29 is 33.2 Å². The van der Waals surface area contributed by atoms with E-state index in [1.54, 1.807) is 5.57 Å². The fourth-order valence-electron chi connectivity index (χ4n) is 11.1. The van der Waals surface area contributed by atoms with Gasteiger partial charge >= 0.3 is 0 Å². The Hall–Kier alpha value is -1.32. The standard InChI is InChI=1S/C41H64O7/c1-31(2)34-26-41-14-11-37-39(3,30-48-27-32-9-6-5-7-10-32)12-8-13-40(37,4)38(41)25-33(34)35-28-46-23-21-44-19-17-42-15-16-43-18-20-45-22-24-47-29-36(35)41/h5-7,9-10,26,31,33,35-38H,8,11-25,27-30H2,1-4H3/t33-,35-,36-,37+,38-,39+,40+,41+/m1/s1. The summed E-state index contributed by atoms with van der Waals surface area (Å²) in [5.41, 5.74) is 3.56. The Balaban J connectivity index is 1.21. The van der Waals surface area contributed by atoms with Crippen molar-refractivity contribution in [2.75, 3.05) is 85.9 Å². The van der Waals surface area contributed by atoms with Crippen LogP contribution in [0.4, 0.5) is 0 Å². The molecule has 1 aliphatic heterocycles. The van der Waals surface area contributed by atoms with Crippen molar-refractivity contribution in [2.24, 2.45) is 51.8 Å². The number of hydrogen-bond donors (Lipinski definition) is 0. The third-order valence-corrected chi connectivity index (χ3v) is 13.2. The van der Waals surface area contributed by atoms with Crippen LogP contribution in [0.25, 0.3) is 0 Å². The third-order valence-electron chi connectivity index (χ3n) is 13.2. The molecule has 1 saturated heterocycles. The van der Waals surface area contributed by atoms with Gasteiger partial charge in [-0.05, 0) is 89.4 Å². The molecule has 3 saturated carbocycles. The Kier molecular flexibility index (Phi) is 12.8. The molecule has 6 aliphatic rings. The highest BCUT2D eigenvalue weighted by Crippen LogP contribution is 2.73. The van der Waals surface area contributed by atoms with Gasteiger partial charge in [-0.15, -0.1) is 0 Å². The van der Waals surface area contributed by atoms with E-state index >= 15 is 0 Å². The van der Waals surface area contributed by atoms with Crippen molar-refractivity contribution in [1.82, 2.24) is 0 Å². The van der Waals surface area contributed by atoms with Crippen molar-refractivity contribution in [3.63, 3.8) is 0 Å². The summed E-state index contributed by atoms with van der Waals surface area (Å²) >= 11 is 0. The molecule has 7 rings (SSSR count). The molecule has 270 valence electrons. The van der Waals surface area contributed by atoms with Gasteiger partial charge in [0.25, 0.3) is 0 Å². The van der Waals surface area contributed by atoms with E-state index in [1.165, 1.54) is 44.1 Å². The van der Waals surface area contributed by atoms with Gasteiger partial charge in [0.2, 0.25) is 0 Å². The molecule has 4 fully saturated rings. The van der Waals surface area contributed by atoms with Crippen LogP contribution >= 0.6 is 0 Å². The maximum Gasteiger partial charge on any atom is 0.0717 e. The van der Waals surface area contributed by atoms with Crippen molar-refractivity contribution in [3.05, 3.63) is 47.5 Å². The lowest BCUT2D eigenvalue weighted by atomic mass is 9.34. The van der Waals surface area contributed by atoms with Gasteiger partial charge in [0.05, 0.1) is 92.5 Å². The molecule has 2 bridgehead atoms. The molecule has 48 heavy (non-hydrogen) atoms. The minimum atomic E-state index is 0.135. The number of hydrogen-bond acceptors (Lipinski definition) is 7. The van der Waals surface area contributed by atoms with Crippen LogP contribution in [0, 0.1) is 51.8 Å². The molecular formula is C41H64O7. The van der Waals surface area contributed by atoms with Crippen LogP contribution in [0.3, 0.4) is 0 Å². The number of allylic oxidation sites excluding steroid dienone is 2. The molecule has 1 aromatic rings. The van der Waals surface area contributed by atoms with Crippen LogP contribution in [0.1, 0.15) is 71.8 Å². The quantitative estimate of drug-likeness (QED) is 0.304.